The molecule has 1 aliphatic rings. The van der Waals surface area contributed by atoms with Crippen molar-refractivity contribution in [1.82, 2.24) is 20.2 Å². The van der Waals surface area contributed by atoms with Gasteiger partial charge in [0, 0.05) is 41.8 Å². The molecule has 5 rings (SSSR count). The molecule has 0 atom stereocenters. The summed E-state index contributed by atoms with van der Waals surface area (Å²) in [5.74, 6) is 2.64. The number of amides is 2. The van der Waals surface area contributed by atoms with Crippen LogP contribution in [-0.4, -0.2) is 33.0 Å². The molecule has 2 aromatic carbocycles. The van der Waals surface area contributed by atoms with Crippen molar-refractivity contribution in [1.29, 1.82) is 0 Å². The maximum atomic E-state index is 12.3. The number of hydrogen-bond acceptors (Lipinski definition) is 6. The number of nitrogens with one attached hydrogen (secondary N) is 3. The summed E-state index contributed by atoms with van der Waals surface area (Å²) in [6, 6.07) is 16.2. The number of hydrogen-bond donors (Lipinski definition) is 3. The molecule has 4 aromatic rings. The summed E-state index contributed by atoms with van der Waals surface area (Å²) in [4.78, 5) is 20.9. The minimum Gasteiger partial charge on any atom is -0.454 e. The second kappa shape index (κ2) is 8.15. The molecule has 2 amide bonds. The van der Waals surface area contributed by atoms with Gasteiger partial charge in [0.1, 0.15) is 5.82 Å². The average Bonchev–Trinajstić information content (AvgIpc) is 3.45. The second-order valence-corrected chi connectivity index (χ2v) is 6.87. The van der Waals surface area contributed by atoms with E-state index in [2.05, 4.69) is 30.8 Å². The monoisotopic (exact) mass is 414 g/mol. The SMILES string of the molecule is O=C(Nc1ccc(Cc2nc(-c3cccnc3)n[nH]2)cc1)Nc1ccc2c(c1)OCO2. The fourth-order valence-corrected chi connectivity index (χ4v) is 3.17. The molecule has 154 valence electrons. The Balaban J connectivity index is 1.18. The molecule has 9 heteroatoms. The van der Waals surface area contributed by atoms with Crippen LogP contribution in [0.15, 0.2) is 67.0 Å². The Morgan fingerprint density at radius 1 is 1.00 bits per heavy atom. The first-order chi connectivity index (χ1) is 15.2. The van der Waals surface area contributed by atoms with Crippen LogP contribution in [0.5, 0.6) is 11.5 Å². The summed E-state index contributed by atoms with van der Waals surface area (Å²) < 4.78 is 10.6. The number of carbonyl (C=O) groups is 1. The van der Waals surface area contributed by atoms with Gasteiger partial charge in [0.05, 0.1) is 0 Å². The van der Waals surface area contributed by atoms with Crippen LogP contribution in [0.1, 0.15) is 11.4 Å². The number of carbonyl (C=O) groups excluding carboxylic acids is 1. The summed E-state index contributed by atoms with van der Waals surface area (Å²) in [6.07, 6.45) is 4.03. The number of rotatable bonds is 5. The highest BCUT2D eigenvalue weighted by atomic mass is 16.7. The predicted octanol–water partition coefficient (Wildman–Crippen LogP) is 3.83. The zero-order valence-electron chi connectivity index (χ0n) is 16.3. The van der Waals surface area contributed by atoms with Crippen LogP contribution in [-0.2, 0) is 6.42 Å². The van der Waals surface area contributed by atoms with E-state index in [4.69, 9.17) is 9.47 Å². The zero-order valence-corrected chi connectivity index (χ0v) is 16.3. The lowest BCUT2D eigenvalue weighted by Gasteiger charge is -2.09. The molecular weight excluding hydrogens is 396 g/mol. The van der Waals surface area contributed by atoms with Crippen LogP contribution in [0.3, 0.4) is 0 Å². The number of urea groups is 1. The van der Waals surface area contributed by atoms with Crippen molar-refractivity contribution in [2.24, 2.45) is 0 Å². The third-order valence-corrected chi connectivity index (χ3v) is 4.67. The van der Waals surface area contributed by atoms with Crippen molar-refractivity contribution in [2.75, 3.05) is 17.4 Å². The van der Waals surface area contributed by atoms with Crippen LogP contribution in [0.2, 0.25) is 0 Å². The van der Waals surface area contributed by atoms with Crippen molar-refractivity contribution >= 4 is 17.4 Å². The lowest BCUT2D eigenvalue weighted by molar-refractivity contribution is 0.174. The summed E-state index contributed by atoms with van der Waals surface area (Å²) in [6.45, 7) is 0.191. The highest BCUT2D eigenvalue weighted by Gasteiger charge is 2.14. The van der Waals surface area contributed by atoms with Crippen molar-refractivity contribution < 1.29 is 14.3 Å². The van der Waals surface area contributed by atoms with Crippen LogP contribution in [0.25, 0.3) is 11.4 Å². The molecule has 0 aliphatic carbocycles. The number of H-pyrrole nitrogens is 1. The third-order valence-electron chi connectivity index (χ3n) is 4.67. The highest BCUT2D eigenvalue weighted by Crippen LogP contribution is 2.34. The predicted molar refractivity (Wildman–Crippen MR) is 114 cm³/mol. The Hall–Kier alpha value is -4.40. The minimum absolute atomic E-state index is 0.191. The van der Waals surface area contributed by atoms with Gasteiger partial charge in [-0.3, -0.25) is 10.1 Å². The normalized spacial score (nSPS) is 11.9. The number of fused-ring (bicyclic) bond motifs is 1. The standard InChI is InChI=1S/C22H18N6O3/c29-22(25-17-7-8-18-19(11-17)31-13-30-18)24-16-5-3-14(4-6-16)10-20-26-21(28-27-20)15-2-1-9-23-12-15/h1-9,11-12H,10,13H2,(H2,24,25,29)(H,26,27,28). The van der Waals surface area contributed by atoms with E-state index in [-0.39, 0.29) is 12.8 Å². The Bertz CT molecular complexity index is 1210. The molecule has 3 N–H and O–H groups in total. The largest absolute Gasteiger partial charge is 0.454 e. The van der Waals surface area contributed by atoms with Gasteiger partial charge >= 0.3 is 6.03 Å². The number of aromatic amines is 1. The molecule has 2 aromatic heterocycles. The molecule has 1 aliphatic heterocycles. The van der Waals surface area contributed by atoms with E-state index >= 15 is 0 Å². The molecule has 0 spiro atoms. The number of aromatic nitrogens is 4. The van der Waals surface area contributed by atoms with Crippen molar-refractivity contribution in [3.8, 4) is 22.9 Å². The summed E-state index contributed by atoms with van der Waals surface area (Å²) in [5, 5.41) is 12.8. The van der Waals surface area contributed by atoms with E-state index in [1.165, 1.54) is 0 Å². The molecule has 3 heterocycles. The molecule has 0 saturated carbocycles. The minimum atomic E-state index is -0.344. The fraction of sp³-hybridized carbons (Fsp3) is 0.0909. The van der Waals surface area contributed by atoms with Gasteiger partial charge in [0.2, 0.25) is 6.79 Å². The van der Waals surface area contributed by atoms with Gasteiger partial charge < -0.3 is 20.1 Å². The van der Waals surface area contributed by atoms with Gasteiger partial charge in [0.15, 0.2) is 17.3 Å². The van der Waals surface area contributed by atoms with Crippen LogP contribution < -0.4 is 20.1 Å². The van der Waals surface area contributed by atoms with E-state index in [1.807, 2.05) is 36.4 Å². The Labute approximate surface area is 177 Å². The van der Waals surface area contributed by atoms with Gasteiger partial charge in [-0.25, -0.2) is 9.78 Å². The summed E-state index contributed by atoms with van der Waals surface area (Å²) >= 11 is 0. The summed E-state index contributed by atoms with van der Waals surface area (Å²) in [7, 11) is 0. The summed E-state index contributed by atoms with van der Waals surface area (Å²) in [5.41, 5.74) is 3.19. The Morgan fingerprint density at radius 3 is 2.65 bits per heavy atom. The molecule has 9 nitrogen and oxygen atoms in total. The van der Waals surface area contributed by atoms with E-state index in [1.54, 1.807) is 30.6 Å². The van der Waals surface area contributed by atoms with E-state index in [0.29, 0.717) is 35.1 Å². The number of benzene rings is 2. The molecule has 31 heavy (non-hydrogen) atoms. The molecule has 0 saturated heterocycles. The fourth-order valence-electron chi connectivity index (χ4n) is 3.17. The quantitative estimate of drug-likeness (QED) is 0.457. The zero-order chi connectivity index (χ0) is 21.0. The number of ether oxygens (including phenoxy) is 2. The third kappa shape index (κ3) is 4.30. The van der Waals surface area contributed by atoms with E-state index in [0.717, 1.165) is 17.0 Å². The first-order valence-corrected chi connectivity index (χ1v) is 9.61. The van der Waals surface area contributed by atoms with Crippen molar-refractivity contribution in [2.45, 2.75) is 6.42 Å². The van der Waals surface area contributed by atoms with Crippen molar-refractivity contribution in [3.05, 3.63) is 78.4 Å². The number of anilines is 2. The average molecular weight is 414 g/mol. The topological polar surface area (TPSA) is 114 Å². The molecular formula is C22H18N6O3. The Kier molecular flexibility index (Phi) is 4.89. The van der Waals surface area contributed by atoms with Gasteiger partial charge in [-0.2, -0.15) is 5.10 Å². The maximum absolute atomic E-state index is 12.3. The number of pyridine rings is 1. The molecule has 0 unspecified atom stereocenters. The maximum Gasteiger partial charge on any atom is 0.323 e. The molecule has 0 bridgehead atoms. The van der Waals surface area contributed by atoms with Gasteiger partial charge in [-0.05, 0) is 42.0 Å². The van der Waals surface area contributed by atoms with Gasteiger partial charge in [-0.1, -0.05) is 12.1 Å². The van der Waals surface area contributed by atoms with E-state index in [9.17, 15) is 4.79 Å². The van der Waals surface area contributed by atoms with Gasteiger partial charge in [0.25, 0.3) is 0 Å². The van der Waals surface area contributed by atoms with Crippen LogP contribution in [0.4, 0.5) is 16.2 Å². The van der Waals surface area contributed by atoms with Gasteiger partial charge in [-0.15, -0.1) is 0 Å². The van der Waals surface area contributed by atoms with Crippen LogP contribution >= 0.6 is 0 Å². The first kappa shape index (κ1) is 18.6. The Morgan fingerprint density at radius 2 is 1.81 bits per heavy atom. The number of nitrogens with zero attached hydrogens (tertiary/aromatic N) is 3. The highest BCUT2D eigenvalue weighted by molar-refractivity contribution is 5.99. The van der Waals surface area contributed by atoms with Crippen molar-refractivity contribution in [3.63, 3.8) is 0 Å². The smallest absolute Gasteiger partial charge is 0.323 e. The lowest BCUT2D eigenvalue weighted by Crippen LogP contribution is -2.19. The molecule has 0 radical (unpaired) electrons. The van der Waals surface area contributed by atoms with E-state index < -0.39 is 0 Å². The first-order valence-electron chi connectivity index (χ1n) is 9.61. The second-order valence-electron chi connectivity index (χ2n) is 6.87. The lowest BCUT2D eigenvalue weighted by atomic mass is 10.1. The molecule has 0 fully saturated rings. The van der Waals surface area contributed by atoms with Crippen LogP contribution in [0, 0.1) is 0 Å².